The number of hydrogen-bond acceptors (Lipinski definition) is 3. The predicted octanol–water partition coefficient (Wildman–Crippen LogP) is 2.57. The molecule has 2 N–H and O–H groups in total. The van der Waals surface area contributed by atoms with Gasteiger partial charge in [-0.2, -0.15) is 0 Å². The molecule has 1 atom stereocenters. The highest BCUT2D eigenvalue weighted by molar-refractivity contribution is 5.69. The Balaban J connectivity index is 2.75. The molecule has 0 aromatic heterocycles. The van der Waals surface area contributed by atoms with E-state index in [0.717, 1.165) is 18.7 Å². The summed E-state index contributed by atoms with van der Waals surface area (Å²) in [5.74, 6) is 0. The highest BCUT2D eigenvalue weighted by atomic mass is 16.3. The molecule has 1 aromatic rings. The van der Waals surface area contributed by atoms with Crippen molar-refractivity contribution in [3.05, 3.63) is 24.3 Å². The molecule has 0 aliphatic carbocycles. The number of nitrogens with one attached hydrogen (secondary N) is 1. The minimum absolute atomic E-state index is 0.0561. The van der Waals surface area contributed by atoms with Crippen LogP contribution in [-0.2, 0) is 0 Å². The van der Waals surface area contributed by atoms with Crippen LogP contribution in [0, 0.1) is 5.41 Å². The lowest BCUT2D eigenvalue weighted by Crippen LogP contribution is -2.30. The van der Waals surface area contributed by atoms with Crippen LogP contribution in [0.25, 0.3) is 0 Å². The molecule has 0 aliphatic rings. The number of para-hydroxylation sites is 2. The fourth-order valence-corrected chi connectivity index (χ4v) is 1.61. The van der Waals surface area contributed by atoms with Crippen molar-refractivity contribution in [1.82, 2.24) is 0 Å². The maximum absolute atomic E-state index is 9.39. The number of aliphatic hydroxyl groups is 1. The van der Waals surface area contributed by atoms with Gasteiger partial charge in [0.15, 0.2) is 0 Å². The monoisotopic (exact) mass is 236 g/mol. The van der Waals surface area contributed by atoms with Crippen molar-refractivity contribution in [2.75, 3.05) is 37.5 Å². The van der Waals surface area contributed by atoms with Crippen LogP contribution in [0.5, 0.6) is 0 Å². The van der Waals surface area contributed by atoms with Gasteiger partial charge in [0.2, 0.25) is 0 Å². The van der Waals surface area contributed by atoms with E-state index in [0.29, 0.717) is 0 Å². The number of benzene rings is 1. The first kappa shape index (κ1) is 13.8. The van der Waals surface area contributed by atoms with Crippen molar-refractivity contribution < 1.29 is 5.11 Å². The summed E-state index contributed by atoms with van der Waals surface area (Å²) in [6.45, 7) is 5.19. The van der Waals surface area contributed by atoms with Gasteiger partial charge in [0.25, 0.3) is 0 Å². The van der Waals surface area contributed by atoms with E-state index in [1.807, 2.05) is 26.2 Å². The van der Waals surface area contributed by atoms with Gasteiger partial charge in [-0.1, -0.05) is 26.0 Å². The van der Waals surface area contributed by atoms with Crippen LogP contribution in [-0.4, -0.2) is 32.4 Å². The van der Waals surface area contributed by atoms with Crippen molar-refractivity contribution in [2.24, 2.45) is 5.41 Å². The third-order valence-electron chi connectivity index (χ3n) is 3.33. The zero-order chi connectivity index (χ0) is 12.9. The van der Waals surface area contributed by atoms with Crippen molar-refractivity contribution in [2.45, 2.75) is 20.3 Å². The third kappa shape index (κ3) is 3.63. The van der Waals surface area contributed by atoms with Crippen molar-refractivity contribution in [1.29, 1.82) is 0 Å². The quantitative estimate of drug-likeness (QED) is 0.797. The van der Waals surface area contributed by atoms with Gasteiger partial charge in [0.1, 0.15) is 0 Å². The molecular weight excluding hydrogens is 212 g/mol. The van der Waals surface area contributed by atoms with E-state index in [4.69, 9.17) is 0 Å². The van der Waals surface area contributed by atoms with E-state index in [1.54, 1.807) is 0 Å². The summed E-state index contributed by atoms with van der Waals surface area (Å²) >= 11 is 0. The Hall–Kier alpha value is -1.22. The van der Waals surface area contributed by atoms with Crippen LogP contribution in [0.2, 0.25) is 0 Å². The second kappa shape index (κ2) is 5.92. The summed E-state index contributed by atoms with van der Waals surface area (Å²) in [5, 5.41) is 12.8. The van der Waals surface area contributed by atoms with Gasteiger partial charge in [-0.25, -0.2) is 0 Å². The maximum atomic E-state index is 9.39. The van der Waals surface area contributed by atoms with E-state index in [9.17, 15) is 5.11 Å². The zero-order valence-corrected chi connectivity index (χ0v) is 11.3. The smallest absolute Gasteiger partial charge is 0.0596 e. The molecule has 0 spiro atoms. The lowest BCUT2D eigenvalue weighted by atomic mass is 9.88. The van der Waals surface area contributed by atoms with Crippen LogP contribution in [0.15, 0.2) is 24.3 Å². The van der Waals surface area contributed by atoms with Crippen molar-refractivity contribution >= 4 is 11.4 Å². The zero-order valence-electron chi connectivity index (χ0n) is 11.3. The first-order valence-corrected chi connectivity index (χ1v) is 6.13. The first-order chi connectivity index (χ1) is 8.02. The standard InChI is InChI=1S/C14H24N2O/c1-5-14(2,11-17)10-15-12-8-6-7-9-13(12)16(3)4/h6-9,15,17H,5,10-11H2,1-4H3. The highest BCUT2D eigenvalue weighted by Crippen LogP contribution is 2.26. The van der Waals surface area contributed by atoms with Crippen molar-refractivity contribution in [3.8, 4) is 0 Å². The number of hydrogen-bond donors (Lipinski definition) is 2. The molecule has 0 fully saturated rings. The summed E-state index contributed by atoms with van der Waals surface area (Å²) < 4.78 is 0. The molecule has 0 radical (unpaired) electrons. The van der Waals surface area contributed by atoms with Crippen LogP contribution >= 0.6 is 0 Å². The lowest BCUT2D eigenvalue weighted by molar-refractivity contribution is 0.149. The van der Waals surface area contributed by atoms with Gasteiger partial charge in [-0.15, -0.1) is 0 Å². The Kier molecular flexibility index (Phi) is 4.82. The summed E-state index contributed by atoms with van der Waals surface area (Å²) in [5.41, 5.74) is 2.23. The van der Waals surface area contributed by atoms with Gasteiger partial charge in [0.05, 0.1) is 18.0 Å². The Bertz CT molecular complexity index is 346. The van der Waals surface area contributed by atoms with Crippen LogP contribution in [0.1, 0.15) is 20.3 Å². The SMILES string of the molecule is CCC(C)(CO)CNc1ccccc1N(C)C. The highest BCUT2D eigenvalue weighted by Gasteiger charge is 2.20. The molecule has 3 nitrogen and oxygen atoms in total. The van der Waals surface area contributed by atoms with E-state index in [2.05, 4.69) is 36.2 Å². The molecule has 1 rings (SSSR count). The minimum atomic E-state index is -0.0561. The van der Waals surface area contributed by atoms with Crippen LogP contribution < -0.4 is 10.2 Å². The molecule has 1 aromatic carbocycles. The van der Waals surface area contributed by atoms with Gasteiger partial charge in [-0.3, -0.25) is 0 Å². The Labute approximate surface area is 104 Å². The second-order valence-corrected chi connectivity index (χ2v) is 5.09. The first-order valence-electron chi connectivity index (χ1n) is 6.13. The average Bonchev–Trinajstić information content (AvgIpc) is 2.36. The van der Waals surface area contributed by atoms with Gasteiger partial charge in [0, 0.05) is 26.1 Å². The maximum Gasteiger partial charge on any atom is 0.0596 e. The topological polar surface area (TPSA) is 35.5 Å². The average molecular weight is 236 g/mol. The third-order valence-corrected chi connectivity index (χ3v) is 3.33. The predicted molar refractivity (Wildman–Crippen MR) is 74.7 cm³/mol. The molecule has 0 saturated heterocycles. The second-order valence-electron chi connectivity index (χ2n) is 5.09. The largest absolute Gasteiger partial charge is 0.396 e. The molecule has 3 heteroatoms. The summed E-state index contributed by atoms with van der Waals surface area (Å²) in [6, 6.07) is 8.22. The van der Waals surface area contributed by atoms with E-state index < -0.39 is 0 Å². The van der Waals surface area contributed by atoms with E-state index >= 15 is 0 Å². The summed E-state index contributed by atoms with van der Waals surface area (Å²) in [6.07, 6.45) is 0.959. The van der Waals surface area contributed by atoms with E-state index in [-0.39, 0.29) is 12.0 Å². The molecule has 0 bridgehead atoms. The molecular formula is C14H24N2O. The fraction of sp³-hybridized carbons (Fsp3) is 0.571. The Morgan fingerprint density at radius 2 is 1.94 bits per heavy atom. The molecule has 1 unspecified atom stereocenters. The lowest BCUT2D eigenvalue weighted by Gasteiger charge is -2.28. The number of aliphatic hydroxyl groups excluding tert-OH is 1. The number of rotatable bonds is 6. The number of anilines is 2. The molecule has 0 amide bonds. The summed E-state index contributed by atoms with van der Waals surface area (Å²) in [7, 11) is 4.07. The van der Waals surface area contributed by atoms with Crippen LogP contribution in [0.3, 0.4) is 0 Å². The van der Waals surface area contributed by atoms with Gasteiger partial charge < -0.3 is 15.3 Å². The van der Waals surface area contributed by atoms with Crippen LogP contribution in [0.4, 0.5) is 11.4 Å². The fourth-order valence-electron chi connectivity index (χ4n) is 1.61. The summed E-state index contributed by atoms with van der Waals surface area (Å²) in [4.78, 5) is 2.09. The molecule has 0 aliphatic heterocycles. The molecule has 0 saturated carbocycles. The van der Waals surface area contributed by atoms with Gasteiger partial charge in [-0.05, 0) is 18.6 Å². The normalized spacial score (nSPS) is 14.2. The van der Waals surface area contributed by atoms with Crippen molar-refractivity contribution in [3.63, 3.8) is 0 Å². The number of nitrogens with zero attached hydrogens (tertiary/aromatic N) is 1. The molecule has 0 heterocycles. The Morgan fingerprint density at radius 3 is 2.47 bits per heavy atom. The molecule has 17 heavy (non-hydrogen) atoms. The van der Waals surface area contributed by atoms with E-state index in [1.165, 1.54) is 5.69 Å². The van der Waals surface area contributed by atoms with Gasteiger partial charge >= 0.3 is 0 Å². The minimum Gasteiger partial charge on any atom is -0.396 e. The molecule has 96 valence electrons. The Morgan fingerprint density at radius 1 is 1.29 bits per heavy atom.